The Bertz CT molecular complexity index is 777. The molecule has 0 aromatic carbocycles. The first-order valence-corrected chi connectivity index (χ1v) is 6.22. The summed E-state index contributed by atoms with van der Waals surface area (Å²) in [5, 5.41) is 8.72. The van der Waals surface area contributed by atoms with Crippen molar-refractivity contribution in [3.8, 4) is 11.4 Å². The molecule has 0 unspecified atom stereocenters. The Morgan fingerprint density at radius 1 is 1.21 bits per heavy atom. The molecule has 0 saturated heterocycles. The summed E-state index contributed by atoms with van der Waals surface area (Å²) in [5.41, 5.74) is 6.63. The molecule has 4 nitrogen and oxygen atoms in total. The Morgan fingerprint density at radius 2 is 2.00 bits per heavy atom. The molecule has 0 spiro atoms. The number of rotatable bonds is 2. The molecule has 3 aromatic heterocycles. The van der Waals surface area contributed by atoms with E-state index in [9.17, 15) is 0 Å². The third-order valence-corrected chi connectivity index (χ3v) is 3.44. The molecule has 0 saturated carbocycles. The molecule has 19 heavy (non-hydrogen) atoms. The molecule has 0 atom stereocenters. The molecule has 3 heterocycles. The predicted octanol–water partition coefficient (Wildman–Crippen LogP) is 3.08. The first kappa shape index (κ1) is 11.7. The van der Waals surface area contributed by atoms with E-state index in [2.05, 4.69) is 29.8 Å². The van der Waals surface area contributed by atoms with Gasteiger partial charge >= 0.3 is 0 Å². The molecule has 3 rings (SSSR count). The van der Waals surface area contributed by atoms with Crippen LogP contribution in [-0.4, -0.2) is 19.4 Å². The largest absolute Gasteiger partial charge is 0.266 e. The molecular weight excluding hydrogens is 236 g/mol. The van der Waals surface area contributed by atoms with Crippen molar-refractivity contribution in [1.29, 1.82) is 0 Å². The van der Waals surface area contributed by atoms with E-state index in [1.54, 1.807) is 12.4 Å². The van der Waals surface area contributed by atoms with E-state index in [-0.39, 0.29) is 0 Å². The van der Waals surface area contributed by atoms with E-state index >= 15 is 0 Å². The minimum absolute atomic E-state index is 1.05. The van der Waals surface area contributed by atoms with E-state index in [0.717, 1.165) is 22.5 Å². The number of allylic oxidation sites excluding steroid dienone is 1. The number of aromatic nitrogens is 4. The summed E-state index contributed by atoms with van der Waals surface area (Å²) in [6.45, 7) is 8.23. The van der Waals surface area contributed by atoms with Gasteiger partial charge in [-0.2, -0.15) is 10.2 Å². The molecule has 0 fully saturated rings. The van der Waals surface area contributed by atoms with Gasteiger partial charge in [0.2, 0.25) is 0 Å². The van der Waals surface area contributed by atoms with Gasteiger partial charge < -0.3 is 0 Å². The summed E-state index contributed by atoms with van der Waals surface area (Å²) in [6.07, 6.45) is 3.60. The van der Waals surface area contributed by atoms with Gasteiger partial charge in [0.05, 0.1) is 16.9 Å². The number of fused-ring (bicyclic) bond motifs is 1. The zero-order valence-electron chi connectivity index (χ0n) is 11.4. The maximum absolute atomic E-state index is 4.48. The molecule has 3 aromatic rings. The lowest BCUT2D eigenvalue weighted by atomic mass is 10.0. The lowest BCUT2D eigenvalue weighted by molar-refractivity contribution is 0.767. The standard InChI is InChI=1S/C15H16N4/c1-10(2)14-11(3)15(13-7-9-16-18(13)4)19-12(14)6-5-8-17-19/h5-9H,1H2,2-4H3. The first-order valence-electron chi connectivity index (χ1n) is 6.22. The SMILES string of the molecule is C=C(C)c1c(C)c(-c2ccnn2C)n2ncccc12. The van der Waals surface area contributed by atoms with Gasteiger partial charge in [-0.15, -0.1) is 0 Å². The number of aryl methyl sites for hydroxylation is 1. The Balaban J connectivity index is 2.46. The van der Waals surface area contributed by atoms with E-state index in [1.165, 1.54) is 11.1 Å². The van der Waals surface area contributed by atoms with Crippen LogP contribution in [0.2, 0.25) is 0 Å². The van der Waals surface area contributed by atoms with Crippen LogP contribution in [0.15, 0.2) is 37.2 Å². The van der Waals surface area contributed by atoms with Gasteiger partial charge in [-0.05, 0) is 43.2 Å². The van der Waals surface area contributed by atoms with E-state index in [1.807, 2.05) is 35.3 Å². The summed E-state index contributed by atoms with van der Waals surface area (Å²) in [6, 6.07) is 6.03. The quantitative estimate of drug-likeness (QED) is 0.702. The zero-order chi connectivity index (χ0) is 13.6. The fraction of sp³-hybridized carbons (Fsp3) is 0.200. The van der Waals surface area contributed by atoms with Crippen molar-refractivity contribution < 1.29 is 0 Å². The molecule has 0 N–H and O–H groups in total. The van der Waals surface area contributed by atoms with Gasteiger partial charge in [-0.3, -0.25) is 4.68 Å². The van der Waals surface area contributed by atoms with Crippen molar-refractivity contribution in [2.45, 2.75) is 13.8 Å². The van der Waals surface area contributed by atoms with Crippen LogP contribution in [0.25, 0.3) is 22.5 Å². The second kappa shape index (κ2) is 4.09. The van der Waals surface area contributed by atoms with Crippen LogP contribution in [0.3, 0.4) is 0 Å². The van der Waals surface area contributed by atoms with Crippen LogP contribution in [-0.2, 0) is 7.05 Å². The van der Waals surface area contributed by atoms with Crippen LogP contribution in [0.1, 0.15) is 18.1 Å². The van der Waals surface area contributed by atoms with E-state index in [4.69, 9.17) is 0 Å². The average molecular weight is 252 g/mol. The molecule has 0 amide bonds. The van der Waals surface area contributed by atoms with Crippen molar-refractivity contribution >= 4 is 11.1 Å². The highest BCUT2D eigenvalue weighted by molar-refractivity contribution is 5.85. The molecular formula is C15H16N4. The maximum Gasteiger partial charge on any atom is 0.0941 e. The van der Waals surface area contributed by atoms with Crippen LogP contribution >= 0.6 is 0 Å². The fourth-order valence-corrected chi connectivity index (χ4v) is 2.65. The second-order valence-corrected chi connectivity index (χ2v) is 4.79. The number of hydrogen-bond donors (Lipinski definition) is 0. The van der Waals surface area contributed by atoms with Crippen molar-refractivity contribution in [2.75, 3.05) is 0 Å². The Morgan fingerprint density at radius 3 is 2.63 bits per heavy atom. The third-order valence-electron chi connectivity index (χ3n) is 3.44. The van der Waals surface area contributed by atoms with Gasteiger partial charge in [-0.1, -0.05) is 6.58 Å². The molecule has 0 bridgehead atoms. The predicted molar refractivity (Wildman–Crippen MR) is 76.8 cm³/mol. The number of hydrogen-bond acceptors (Lipinski definition) is 2. The highest BCUT2D eigenvalue weighted by atomic mass is 15.3. The van der Waals surface area contributed by atoms with Crippen molar-refractivity contribution in [2.24, 2.45) is 7.05 Å². The minimum Gasteiger partial charge on any atom is -0.266 e. The van der Waals surface area contributed by atoms with Crippen LogP contribution in [0, 0.1) is 6.92 Å². The zero-order valence-corrected chi connectivity index (χ0v) is 11.4. The monoisotopic (exact) mass is 252 g/mol. The highest BCUT2D eigenvalue weighted by Gasteiger charge is 2.19. The van der Waals surface area contributed by atoms with Crippen LogP contribution in [0.4, 0.5) is 0 Å². The van der Waals surface area contributed by atoms with Gasteiger partial charge in [0.1, 0.15) is 0 Å². The van der Waals surface area contributed by atoms with Gasteiger partial charge in [0.15, 0.2) is 0 Å². The average Bonchev–Trinajstić information content (AvgIpc) is 2.89. The van der Waals surface area contributed by atoms with Gasteiger partial charge in [0.25, 0.3) is 0 Å². The van der Waals surface area contributed by atoms with E-state index in [0.29, 0.717) is 0 Å². The molecule has 0 aliphatic heterocycles. The number of nitrogens with zero attached hydrogens (tertiary/aromatic N) is 4. The van der Waals surface area contributed by atoms with Crippen LogP contribution < -0.4 is 0 Å². The van der Waals surface area contributed by atoms with Crippen molar-refractivity contribution in [1.82, 2.24) is 19.4 Å². The second-order valence-electron chi connectivity index (χ2n) is 4.79. The Labute approximate surface area is 112 Å². The summed E-state index contributed by atoms with van der Waals surface area (Å²) in [7, 11) is 1.94. The van der Waals surface area contributed by atoms with Gasteiger partial charge in [-0.25, -0.2) is 4.52 Å². The maximum atomic E-state index is 4.48. The molecule has 0 aliphatic carbocycles. The normalized spacial score (nSPS) is 11.1. The Kier molecular flexibility index (Phi) is 2.52. The van der Waals surface area contributed by atoms with Crippen LogP contribution in [0.5, 0.6) is 0 Å². The third kappa shape index (κ3) is 1.60. The first-order chi connectivity index (χ1) is 9.11. The highest BCUT2D eigenvalue weighted by Crippen LogP contribution is 2.33. The lowest BCUT2D eigenvalue weighted by Crippen LogP contribution is -1.99. The summed E-state index contributed by atoms with van der Waals surface area (Å²) in [4.78, 5) is 0. The lowest BCUT2D eigenvalue weighted by Gasteiger charge is -2.03. The fourth-order valence-electron chi connectivity index (χ4n) is 2.65. The molecule has 0 radical (unpaired) electrons. The smallest absolute Gasteiger partial charge is 0.0941 e. The summed E-state index contributed by atoms with van der Waals surface area (Å²) >= 11 is 0. The van der Waals surface area contributed by atoms with E-state index < -0.39 is 0 Å². The summed E-state index contributed by atoms with van der Waals surface area (Å²) in [5.74, 6) is 0. The topological polar surface area (TPSA) is 35.1 Å². The van der Waals surface area contributed by atoms with Crippen molar-refractivity contribution in [3.05, 3.63) is 48.3 Å². The molecule has 4 heteroatoms. The Hall–Kier alpha value is -2.36. The molecule has 96 valence electrons. The summed E-state index contributed by atoms with van der Waals surface area (Å²) < 4.78 is 3.84. The molecule has 0 aliphatic rings. The van der Waals surface area contributed by atoms with Crippen molar-refractivity contribution in [3.63, 3.8) is 0 Å². The minimum atomic E-state index is 1.05. The van der Waals surface area contributed by atoms with Gasteiger partial charge in [0, 0.05) is 25.0 Å².